The molecule has 0 spiro atoms. The van der Waals surface area contributed by atoms with Crippen LogP contribution in [-0.2, 0) is 4.79 Å². The van der Waals surface area contributed by atoms with Gasteiger partial charge in [-0.25, -0.2) is 0 Å². The van der Waals surface area contributed by atoms with E-state index in [-0.39, 0.29) is 5.91 Å². The number of amides is 2. The van der Waals surface area contributed by atoms with E-state index in [1.165, 1.54) is 12.3 Å². The van der Waals surface area contributed by atoms with E-state index >= 15 is 0 Å². The van der Waals surface area contributed by atoms with E-state index in [0.717, 1.165) is 10.9 Å². The Morgan fingerprint density at radius 2 is 2.13 bits per heavy atom. The molecule has 0 saturated carbocycles. The van der Waals surface area contributed by atoms with Gasteiger partial charge in [0, 0.05) is 29.0 Å². The van der Waals surface area contributed by atoms with Gasteiger partial charge in [0.05, 0.1) is 16.8 Å². The van der Waals surface area contributed by atoms with Crippen LogP contribution in [-0.4, -0.2) is 21.8 Å². The van der Waals surface area contributed by atoms with Crippen molar-refractivity contribution in [1.82, 2.24) is 9.97 Å². The number of primary amides is 1. The number of hydrogen-bond donors (Lipinski definition) is 3. The molecule has 1 aromatic carbocycles. The van der Waals surface area contributed by atoms with Crippen molar-refractivity contribution in [3.8, 4) is 11.3 Å². The Hall–Kier alpha value is -3.41. The lowest BCUT2D eigenvalue weighted by molar-refractivity contribution is -0.111. The Balaban J connectivity index is 2.11. The molecule has 0 unspecified atom stereocenters. The Morgan fingerprint density at radius 1 is 1.30 bits per heavy atom. The fourth-order valence-corrected chi connectivity index (χ4v) is 2.41. The normalized spacial score (nSPS) is 10.4. The fraction of sp³-hybridized carbons (Fsp3) is 0. The first kappa shape index (κ1) is 14.5. The summed E-state index contributed by atoms with van der Waals surface area (Å²) in [4.78, 5) is 30.3. The van der Waals surface area contributed by atoms with E-state index in [1.54, 1.807) is 18.3 Å². The lowest BCUT2D eigenvalue weighted by Gasteiger charge is -2.08. The molecule has 3 aromatic rings. The number of carbonyl (C=O) groups excluding carboxylic acids is 2. The first-order valence-corrected chi connectivity index (χ1v) is 6.90. The maximum Gasteiger partial charge on any atom is 0.252 e. The molecule has 4 N–H and O–H groups in total. The van der Waals surface area contributed by atoms with Crippen molar-refractivity contribution in [1.29, 1.82) is 0 Å². The SMILES string of the molecule is C=CC(=O)Nc1cccc(-c2ncc(C(N)=O)c3[nH]ccc23)c1. The summed E-state index contributed by atoms with van der Waals surface area (Å²) in [7, 11) is 0. The minimum absolute atomic E-state index is 0.286. The third-order valence-corrected chi connectivity index (χ3v) is 3.45. The zero-order valence-electron chi connectivity index (χ0n) is 12.2. The number of benzene rings is 1. The number of anilines is 1. The van der Waals surface area contributed by atoms with Crippen LogP contribution in [0.1, 0.15) is 10.4 Å². The van der Waals surface area contributed by atoms with Gasteiger partial charge in [-0.2, -0.15) is 0 Å². The monoisotopic (exact) mass is 306 g/mol. The van der Waals surface area contributed by atoms with Crippen LogP contribution in [0.4, 0.5) is 5.69 Å². The largest absolute Gasteiger partial charge is 0.365 e. The van der Waals surface area contributed by atoms with Crippen LogP contribution < -0.4 is 11.1 Å². The average molecular weight is 306 g/mol. The van der Waals surface area contributed by atoms with Crippen molar-refractivity contribution < 1.29 is 9.59 Å². The quantitative estimate of drug-likeness (QED) is 0.645. The van der Waals surface area contributed by atoms with Crippen molar-refractivity contribution in [2.75, 3.05) is 5.32 Å². The highest BCUT2D eigenvalue weighted by Gasteiger charge is 2.13. The molecule has 0 radical (unpaired) electrons. The van der Waals surface area contributed by atoms with Crippen LogP contribution in [0.5, 0.6) is 0 Å². The van der Waals surface area contributed by atoms with Crippen molar-refractivity contribution in [3.63, 3.8) is 0 Å². The molecule has 114 valence electrons. The number of nitrogens with zero attached hydrogens (tertiary/aromatic N) is 1. The summed E-state index contributed by atoms with van der Waals surface area (Å²) in [6.45, 7) is 3.43. The van der Waals surface area contributed by atoms with E-state index in [2.05, 4.69) is 21.9 Å². The second-order valence-electron chi connectivity index (χ2n) is 4.93. The third-order valence-electron chi connectivity index (χ3n) is 3.45. The van der Waals surface area contributed by atoms with E-state index < -0.39 is 5.91 Å². The van der Waals surface area contributed by atoms with Crippen LogP contribution >= 0.6 is 0 Å². The summed E-state index contributed by atoms with van der Waals surface area (Å²) in [6.07, 6.45) is 4.38. The lowest BCUT2D eigenvalue weighted by Crippen LogP contribution is -2.12. The smallest absolute Gasteiger partial charge is 0.252 e. The molecule has 0 fully saturated rings. The molecular formula is C17H14N4O2. The van der Waals surface area contributed by atoms with E-state index in [4.69, 9.17) is 5.73 Å². The number of nitrogens with one attached hydrogen (secondary N) is 2. The Labute approximate surface area is 132 Å². The highest BCUT2D eigenvalue weighted by Crippen LogP contribution is 2.29. The van der Waals surface area contributed by atoms with Crippen LogP contribution in [0.2, 0.25) is 0 Å². The number of nitrogens with two attached hydrogens (primary N) is 1. The zero-order valence-corrected chi connectivity index (χ0v) is 12.2. The van der Waals surface area contributed by atoms with Gasteiger partial charge in [-0.3, -0.25) is 14.6 Å². The molecule has 6 heteroatoms. The first-order chi connectivity index (χ1) is 11.1. The van der Waals surface area contributed by atoms with Gasteiger partial charge in [0.25, 0.3) is 5.91 Å². The predicted molar refractivity (Wildman–Crippen MR) is 88.9 cm³/mol. The summed E-state index contributed by atoms with van der Waals surface area (Å²) >= 11 is 0. The predicted octanol–water partition coefficient (Wildman–Crippen LogP) is 2.45. The Kier molecular flexibility index (Phi) is 3.64. The summed E-state index contributed by atoms with van der Waals surface area (Å²) in [5, 5.41) is 3.49. The second-order valence-corrected chi connectivity index (χ2v) is 4.93. The molecule has 0 atom stereocenters. The van der Waals surface area contributed by atoms with Crippen molar-refractivity contribution in [2.24, 2.45) is 5.73 Å². The van der Waals surface area contributed by atoms with Gasteiger partial charge in [-0.05, 0) is 24.3 Å². The Morgan fingerprint density at radius 3 is 2.87 bits per heavy atom. The van der Waals surface area contributed by atoms with Gasteiger partial charge >= 0.3 is 0 Å². The number of pyridine rings is 1. The van der Waals surface area contributed by atoms with Gasteiger partial charge in [0.15, 0.2) is 0 Å². The van der Waals surface area contributed by atoms with Crippen LogP contribution in [0, 0.1) is 0 Å². The molecule has 0 saturated heterocycles. The van der Waals surface area contributed by atoms with Crippen LogP contribution in [0.25, 0.3) is 22.2 Å². The molecular weight excluding hydrogens is 292 g/mol. The third kappa shape index (κ3) is 2.69. The summed E-state index contributed by atoms with van der Waals surface area (Å²) < 4.78 is 0. The van der Waals surface area contributed by atoms with E-state index in [9.17, 15) is 9.59 Å². The minimum atomic E-state index is -0.538. The summed E-state index contributed by atoms with van der Waals surface area (Å²) in [5.74, 6) is -0.825. The number of rotatable bonds is 4. The molecule has 3 rings (SSSR count). The van der Waals surface area contributed by atoms with Gasteiger partial charge < -0.3 is 16.0 Å². The number of aromatic amines is 1. The zero-order chi connectivity index (χ0) is 16.4. The molecule has 0 bridgehead atoms. The van der Waals surface area contributed by atoms with Crippen molar-refractivity contribution >= 4 is 28.4 Å². The molecule has 2 heterocycles. The number of aromatic nitrogens is 2. The van der Waals surface area contributed by atoms with E-state index in [1.807, 2.05) is 18.2 Å². The number of hydrogen-bond acceptors (Lipinski definition) is 3. The van der Waals surface area contributed by atoms with Gasteiger partial charge in [-0.15, -0.1) is 0 Å². The van der Waals surface area contributed by atoms with Crippen molar-refractivity contribution in [3.05, 3.63) is 60.9 Å². The maximum atomic E-state index is 11.5. The number of carbonyl (C=O) groups is 2. The first-order valence-electron chi connectivity index (χ1n) is 6.90. The highest BCUT2D eigenvalue weighted by atomic mass is 16.1. The fourth-order valence-electron chi connectivity index (χ4n) is 2.41. The highest BCUT2D eigenvalue weighted by molar-refractivity contribution is 6.08. The molecule has 0 aliphatic heterocycles. The molecule has 2 aromatic heterocycles. The van der Waals surface area contributed by atoms with Crippen LogP contribution in [0.15, 0.2) is 55.4 Å². The molecule has 23 heavy (non-hydrogen) atoms. The van der Waals surface area contributed by atoms with E-state index in [0.29, 0.717) is 22.5 Å². The van der Waals surface area contributed by atoms with Gasteiger partial charge in [-0.1, -0.05) is 18.7 Å². The number of fused-ring (bicyclic) bond motifs is 1. The van der Waals surface area contributed by atoms with Crippen molar-refractivity contribution in [2.45, 2.75) is 0 Å². The standard InChI is InChI=1S/C17H14N4O2/c1-2-14(22)21-11-5-3-4-10(8-11)15-12-6-7-19-16(12)13(9-20-15)17(18)23/h2-9,19H,1H2,(H2,18,23)(H,21,22). The average Bonchev–Trinajstić information content (AvgIpc) is 3.03. The van der Waals surface area contributed by atoms with Gasteiger partial charge in [0.1, 0.15) is 0 Å². The lowest BCUT2D eigenvalue weighted by atomic mass is 10.0. The summed E-state index contributed by atoms with van der Waals surface area (Å²) in [5.41, 5.74) is 8.49. The number of H-pyrrole nitrogens is 1. The maximum absolute atomic E-state index is 11.5. The molecule has 6 nitrogen and oxygen atoms in total. The molecule has 0 aliphatic carbocycles. The molecule has 2 amide bonds. The minimum Gasteiger partial charge on any atom is -0.365 e. The summed E-state index contributed by atoms with van der Waals surface area (Å²) in [6, 6.07) is 9.11. The second kappa shape index (κ2) is 5.76. The Bertz CT molecular complexity index is 927. The topological polar surface area (TPSA) is 101 Å². The molecule has 0 aliphatic rings. The van der Waals surface area contributed by atoms with Gasteiger partial charge in [0.2, 0.25) is 5.91 Å². The van der Waals surface area contributed by atoms with Crippen LogP contribution in [0.3, 0.4) is 0 Å².